The maximum absolute atomic E-state index is 13.9. The van der Waals surface area contributed by atoms with Crippen LogP contribution in [0.1, 0.15) is 15.9 Å². The van der Waals surface area contributed by atoms with E-state index in [-0.39, 0.29) is 31.1 Å². The molecule has 0 spiro atoms. The highest BCUT2D eigenvalue weighted by atomic mass is 35.5. The van der Waals surface area contributed by atoms with E-state index in [2.05, 4.69) is 0 Å². The fraction of sp³-hybridized carbons (Fsp3) is 0.0312. The molecule has 0 aliphatic rings. The van der Waals surface area contributed by atoms with Crippen LogP contribution in [0.5, 0.6) is 0 Å². The molecule has 0 aliphatic carbocycles. The van der Waals surface area contributed by atoms with Crippen molar-refractivity contribution in [2.24, 2.45) is 0 Å². The quantitative estimate of drug-likeness (QED) is 0.0873. The molecule has 0 radical (unpaired) electrons. The van der Waals surface area contributed by atoms with E-state index in [1.165, 1.54) is 36.0 Å². The first-order valence-corrected chi connectivity index (χ1v) is 17.0. The zero-order valence-corrected chi connectivity index (χ0v) is 25.9. The number of hydrogen-bond acceptors (Lipinski definition) is 5. The van der Waals surface area contributed by atoms with Crippen LogP contribution in [0.25, 0.3) is 0 Å². The van der Waals surface area contributed by atoms with E-state index in [4.69, 9.17) is 15.2 Å². The molecule has 0 atom stereocenters. The number of benzene rings is 5. The van der Waals surface area contributed by atoms with Gasteiger partial charge in [0.15, 0.2) is 5.78 Å². The average Bonchev–Trinajstić information content (AvgIpc) is 3.01. The molecule has 5 aromatic rings. The summed E-state index contributed by atoms with van der Waals surface area (Å²) >= 11 is 7.53. The van der Waals surface area contributed by atoms with Crippen molar-refractivity contribution in [1.29, 1.82) is 0 Å². The molecule has 0 fully saturated rings. The number of carbonyl (C=O) groups excluding carboxylic acids is 1. The van der Waals surface area contributed by atoms with Gasteiger partial charge in [0.05, 0.1) is 5.02 Å². The maximum atomic E-state index is 13.9. The molecule has 232 valence electrons. The minimum Gasteiger partial charge on any atom is -0.289 e. The van der Waals surface area contributed by atoms with Gasteiger partial charge in [0.1, 0.15) is 11.6 Å². The zero-order valence-electron chi connectivity index (χ0n) is 22.7. The Labute approximate surface area is 266 Å². The molecule has 5 aromatic carbocycles. The second-order valence-electron chi connectivity index (χ2n) is 9.34. The van der Waals surface area contributed by atoms with Crippen LogP contribution in [-0.2, 0) is 13.7 Å². The number of carbonyl (C=O) groups is 1. The van der Waals surface area contributed by atoms with E-state index in [1.807, 2.05) is 0 Å². The van der Waals surface area contributed by atoms with Crippen molar-refractivity contribution >= 4 is 49.6 Å². The minimum absolute atomic E-state index is 0.00828. The highest BCUT2D eigenvalue weighted by Crippen LogP contribution is 2.70. The van der Waals surface area contributed by atoms with Crippen molar-refractivity contribution in [2.45, 2.75) is 30.0 Å². The number of hydrogen-bond donors (Lipinski definition) is 0. The SMILES string of the molecule is O=C(c1ccccc1)c1cc(Sc2ccc(S(OS(=O)(=O)C(F)(F)F)(c3ccc(F)cc3)c3ccc(F)cc3)cc2)ccc1Cl. The summed E-state index contributed by atoms with van der Waals surface area (Å²) in [6, 6.07) is 27.6. The normalized spacial score (nSPS) is 12.6. The largest absolute Gasteiger partial charge is 0.524 e. The van der Waals surface area contributed by atoms with Crippen LogP contribution in [-0.4, -0.2) is 19.7 Å². The summed E-state index contributed by atoms with van der Waals surface area (Å²) in [5, 5.41) is 0.249. The predicted molar refractivity (Wildman–Crippen MR) is 163 cm³/mol. The average molecular weight is 695 g/mol. The van der Waals surface area contributed by atoms with Crippen molar-refractivity contribution in [3.63, 3.8) is 0 Å². The summed E-state index contributed by atoms with van der Waals surface area (Å²) < 4.78 is 99.1. The van der Waals surface area contributed by atoms with Gasteiger partial charge in [0.2, 0.25) is 0 Å². The van der Waals surface area contributed by atoms with Gasteiger partial charge in [-0.1, -0.05) is 53.7 Å². The fourth-order valence-electron chi connectivity index (χ4n) is 4.27. The van der Waals surface area contributed by atoms with Gasteiger partial charge in [-0.3, -0.25) is 4.79 Å². The van der Waals surface area contributed by atoms with Crippen molar-refractivity contribution in [2.75, 3.05) is 0 Å². The van der Waals surface area contributed by atoms with Gasteiger partial charge >= 0.3 is 15.6 Å². The van der Waals surface area contributed by atoms with Gasteiger partial charge in [-0.05, 0) is 101 Å². The fourth-order valence-corrected chi connectivity index (χ4v) is 10.0. The molecule has 45 heavy (non-hydrogen) atoms. The lowest BCUT2D eigenvalue weighted by atomic mass is 10.0. The molecule has 13 heteroatoms. The molecule has 0 saturated heterocycles. The standard InChI is InChI=1S/C32H20ClF5O4S3/c33-30-19-12-25(20-29(30)31(39)21-4-2-1-3-5-21)43-24-10-17-28(18-11-24)44(26-13-6-22(34)7-14-26,27-15-8-23(35)9-16-27)42-45(40,41)32(36,37)38/h1-20H. The van der Waals surface area contributed by atoms with Gasteiger partial charge in [0, 0.05) is 35.6 Å². The van der Waals surface area contributed by atoms with Crippen LogP contribution in [0, 0.1) is 11.6 Å². The summed E-state index contributed by atoms with van der Waals surface area (Å²) in [7, 11) is -9.98. The molecule has 0 amide bonds. The smallest absolute Gasteiger partial charge is 0.289 e. The van der Waals surface area contributed by atoms with Crippen molar-refractivity contribution < 1.29 is 38.8 Å². The molecule has 5 rings (SSSR count). The molecule has 0 aliphatic heterocycles. The molecule has 0 unspecified atom stereocenters. The number of ketones is 1. The van der Waals surface area contributed by atoms with Crippen LogP contribution in [0.3, 0.4) is 0 Å². The number of halogens is 6. The monoisotopic (exact) mass is 694 g/mol. The summed E-state index contributed by atoms with van der Waals surface area (Å²) in [5.41, 5.74) is -5.07. The molecule has 0 saturated carbocycles. The summed E-state index contributed by atoms with van der Waals surface area (Å²) in [5.74, 6) is -1.72. The van der Waals surface area contributed by atoms with Crippen LogP contribution in [0.2, 0.25) is 5.02 Å². The molecule has 0 aromatic heterocycles. The van der Waals surface area contributed by atoms with Gasteiger partial charge in [-0.25, -0.2) is 8.78 Å². The first-order valence-electron chi connectivity index (χ1n) is 12.8. The van der Waals surface area contributed by atoms with E-state index >= 15 is 0 Å². The topological polar surface area (TPSA) is 60.4 Å². The second kappa shape index (κ2) is 13.0. The Kier molecular flexibility index (Phi) is 9.43. The lowest BCUT2D eigenvalue weighted by molar-refractivity contribution is -0.0496. The van der Waals surface area contributed by atoms with Gasteiger partial charge in [-0.15, -0.1) is 0 Å². The minimum atomic E-state index is -6.22. The Bertz CT molecular complexity index is 1890. The highest BCUT2D eigenvalue weighted by Gasteiger charge is 2.52. The molecule has 4 nitrogen and oxygen atoms in total. The number of rotatable bonds is 9. The van der Waals surface area contributed by atoms with E-state index in [1.54, 1.807) is 48.5 Å². The molecular weight excluding hydrogens is 675 g/mol. The third-order valence-electron chi connectivity index (χ3n) is 6.38. The zero-order chi connectivity index (χ0) is 32.4. The summed E-state index contributed by atoms with van der Waals surface area (Å²) in [4.78, 5) is 14.1. The van der Waals surface area contributed by atoms with Crippen molar-refractivity contribution in [1.82, 2.24) is 0 Å². The van der Waals surface area contributed by atoms with Crippen LogP contribution >= 0.6 is 33.7 Å². The maximum Gasteiger partial charge on any atom is 0.524 e. The Morgan fingerprint density at radius 3 is 1.62 bits per heavy atom. The number of alkyl halides is 3. The van der Waals surface area contributed by atoms with Gasteiger partial charge in [0.25, 0.3) is 0 Å². The van der Waals surface area contributed by atoms with Crippen molar-refractivity contribution in [3.05, 3.63) is 149 Å². The van der Waals surface area contributed by atoms with Crippen LogP contribution in [0.4, 0.5) is 22.0 Å². The third kappa shape index (κ3) is 6.95. The van der Waals surface area contributed by atoms with E-state index in [9.17, 15) is 35.2 Å². The van der Waals surface area contributed by atoms with Crippen molar-refractivity contribution in [3.8, 4) is 0 Å². The molecule has 0 heterocycles. The lowest BCUT2D eigenvalue weighted by Crippen LogP contribution is -2.27. The Balaban J connectivity index is 1.59. The molecule has 0 N–H and O–H groups in total. The van der Waals surface area contributed by atoms with Gasteiger partial charge < -0.3 is 0 Å². The summed E-state index contributed by atoms with van der Waals surface area (Å²) in [6.07, 6.45) is 0. The van der Waals surface area contributed by atoms with E-state index < -0.39 is 37.6 Å². The first kappa shape index (κ1) is 32.7. The first-order chi connectivity index (χ1) is 21.3. The predicted octanol–water partition coefficient (Wildman–Crippen LogP) is 10.1. The molecular formula is C32H20ClF5O4S3. The van der Waals surface area contributed by atoms with Crippen LogP contribution < -0.4 is 0 Å². The highest BCUT2D eigenvalue weighted by molar-refractivity contribution is 8.33. The third-order valence-corrected chi connectivity index (χ3v) is 12.6. The Morgan fingerprint density at radius 2 is 1.13 bits per heavy atom. The van der Waals surface area contributed by atoms with Gasteiger partial charge in [-0.2, -0.15) is 25.2 Å². The second-order valence-corrected chi connectivity index (χ2v) is 15.3. The Morgan fingerprint density at radius 1 is 0.667 bits per heavy atom. The lowest BCUT2D eigenvalue weighted by Gasteiger charge is -2.39. The van der Waals surface area contributed by atoms with Crippen LogP contribution in [0.15, 0.2) is 146 Å². The molecule has 0 bridgehead atoms. The van der Waals surface area contributed by atoms with E-state index in [0.29, 0.717) is 15.4 Å². The van der Waals surface area contributed by atoms with E-state index in [0.717, 1.165) is 48.5 Å². The Hall–Kier alpha value is -3.68. The summed E-state index contributed by atoms with van der Waals surface area (Å²) in [6.45, 7) is 0.